The lowest BCUT2D eigenvalue weighted by atomic mass is 9.87. The second kappa shape index (κ2) is 8.44. The molecule has 0 radical (unpaired) electrons. The van der Waals surface area contributed by atoms with E-state index in [1.165, 1.54) is 54.0 Å². The third kappa shape index (κ3) is 3.77. The number of aliphatic imine (C=N–C) groups is 1. The van der Waals surface area contributed by atoms with E-state index >= 15 is 0 Å². The fourth-order valence-corrected chi connectivity index (χ4v) is 7.14. The number of nitrogens with zero attached hydrogens (tertiary/aromatic N) is 3. The van der Waals surface area contributed by atoms with Crippen LogP contribution in [0.15, 0.2) is 56.7 Å². The van der Waals surface area contributed by atoms with Gasteiger partial charge in [0.2, 0.25) is 0 Å². The summed E-state index contributed by atoms with van der Waals surface area (Å²) in [5.41, 5.74) is 7.02. The first-order valence-corrected chi connectivity index (χ1v) is 12.7. The molecule has 0 amide bonds. The van der Waals surface area contributed by atoms with Crippen molar-refractivity contribution in [2.45, 2.75) is 72.4 Å². The van der Waals surface area contributed by atoms with Gasteiger partial charge in [-0.25, -0.2) is 9.97 Å². The van der Waals surface area contributed by atoms with Crippen LogP contribution >= 0.6 is 35.1 Å². The Morgan fingerprint density at radius 1 is 1.17 bits per heavy atom. The Kier molecular flexibility index (Phi) is 5.72. The summed E-state index contributed by atoms with van der Waals surface area (Å²) < 4.78 is 0. The molecule has 0 spiro atoms. The lowest BCUT2D eigenvalue weighted by Gasteiger charge is -2.26. The second-order valence-corrected chi connectivity index (χ2v) is 10.4. The van der Waals surface area contributed by atoms with Crippen molar-refractivity contribution in [3.63, 3.8) is 0 Å². The molecule has 0 saturated heterocycles. The maximum atomic E-state index is 6.02. The van der Waals surface area contributed by atoms with Crippen LogP contribution in [0.25, 0.3) is 0 Å². The highest BCUT2D eigenvalue weighted by atomic mass is 35.5. The number of hydrogen-bond donors (Lipinski definition) is 0. The highest BCUT2D eigenvalue weighted by Crippen LogP contribution is 2.56. The Bertz CT molecular complexity index is 984. The predicted octanol–water partition coefficient (Wildman–Crippen LogP) is 7.06. The Morgan fingerprint density at radius 3 is 2.86 bits per heavy atom. The number of rotatable bonds is 6. The van der Waals surface area contributed by atoms with E-state index in [0.29, 0.717) is 5.92 Å². The van der Waals surface area contributed by atoms with Crippen LogP contribution in [0.3, 0.4) is 0 Å². The van der Waals surface area contributed by atoms with Gasteiger partial charge in [0.05, 0.1) is 16.5 Å². The third-order valence-corrected chi connectivity index (χ3v) is 8.64. The van der Waals surface area contributed by atoms with E-state index in [0.717, 1.165) is 22.2 Å². The van der Waals surface area contributed by atoms with Crippen LogP contribution in [0.5, 0.6) is 0 Å². The molecule has 6 heteroatoms. The lowest BCUT2D eigenvalue weighted by Crippen LogP contribution is -2.21. The van der Waals surface area contributed by atoms with Crippen LogP contribution in [0, 0.1) is 0 Å². The Labute approximate surface area is 185 Å². The van der Waals surface area contributed by atoms with Crippen molar-refractivity contribution in [2.75, 3.05) is 0 Å². The first-order chi connectivity index (χ1) is 14.2. The Morgan fingerprint density at radius 2 is 2.03 bits per heavy atom. The monoisotopic (exact) mass is 441 g/mol. The summed E-state index contributed by atoms with van der Waals surface area (Å²) in [6, 6.07) is 8.07. The summed E-state index contributed by atoms with van der Waals surface area (Å²) in [5.74, 6) is 1.24. The van der Waals surface area contributed by atoms with Gasteiger partial charge in [-0.05, 0) is 55.4 Å². The summed E-state index contributed by atoms with van der Waals surface area (Å²) in [7, 11) is 0. The summed E-state index contributed by atoms with van der Waals surface area (Å²) in [5, 5.41) is 2.12. The van der Waals surface area contributed by atoms with E-state index in [4.69, 9.17) is 21.6 Å². The van der Waals surface area contributed by atoms with Crippen molar-refractivity contribution in [2.24, 2.45) is 4.99 Å². The third-order valence-electron chi connectivity index (χ3n) is 5.94. The minimum atomic E-state index is 0.250. The molecule has 3 heterocycles. The van der Waals surface area contributed by atoms with Crippen molar-refractivity contribution in [3.8, 4) is 0 Å². The van der Waals surface area contributed by atoms with Gasteiger partial charge in [-0.2, -0.15) is 0 Å². The molecule has 0 saturated carbocycles. The molecule has 1 aromatic carbocycles. The van der Waals surface area contributed by atoms with Crippen LogP contribution in [0.1, 0.15) is 62.6 Å². The van der Waals surface area contributed by atoms with Crippen LogP contribution in [-0.4, -0.2) is 21.1 Å². The molecule has 2 aliphatic heterocycles. The van der Waals surface area contributed by atoms with Gasteiger partial charge < -0.3 is 0 Å². The molecule has 29 heavy (non-hydrogen) atoms. The van der Waals surface area contributed by atoms with E-state index in [-0.39, 0.29) is 5.37 Å². The number of aromatic nitrogens is 2. The number of hydrogen-bond acceptors (Lipinski definition) is 5. The molecule has 0 bridgehead atoms. The van der Waals surface area contributed by atoms with E-state index in [1.807, 2.05) is 23.9 Å². The summed E-state index contributed by atoms with van der Waals surface area (Å²) in [6.07, 6.45) is 9.00. The van der Waals surface area contributed by atoms with E-state index < -0.39 is 0 Å². The van der Waals surface area contributed by atoms with Crippen LogP contribution < -0.4 is 0 Å². The lowest BCUT2D eigenvalue weighted by molar-refractivity contribution is 0.687. The van der Waals surface area contributed by atoms with E-state index in [1.54, 1.807) is 29.2 Å². The van der Waals surface area contributed by atoms with Crippen molar-refractivity contribution in [1.29, 1.82) is 0 Å². The normalized spacial score (nSPS) is 22.3. The highest BCUT2D eigenvalue weighted by molar-refractivity contribution is 8.02. The van der Waals surface area contributed by atoms with Crippen molar-refractivity contribution >= 4 is 40.8 Å². The number of dihydropyridines is 1. The molecular weight excluding hydrogens is 418 g/mol. The van der Waals surface area contributed by atoms with Gasteiger partial charge in [0, 0.05) is 16.5 Å². The quantitative estimate of drug-likeness (QED) is 0.355. The molecule has 3 nitrogen and oxygen atoms in total. The second-order valence-electron chi connectivity index (χ2n) is 7.83. The Hall–Kier alpha value is -1.30. The maximum absolute atomic E-state index is 6.02. The van der Waals surface area contributed by atoms with Crippen molar-refractivity contribution < 1.29 is 0 Å². The zero-order valence-electron chi connectivity index (χ0n) is 16.5. The minimum absolute atomic E-state index is 0.250. The van der Waals surface area contributed by atoms with Gasteiger partial charge >= 0.3 is 0 Å². The topological polar surface area (TPSA) is 38.1 Å². The molecule has 1 aromatic heterocycles. The number of unbranched alkanes of at least 4 members (excludes halogenated alkanes) is 1. The molecule has 2 unspecified atom stereocenters. The van der Waals surface area contributed by atoms with Gasteiger partial charge in [-0.1, -0.05) is 54.4 Å². The molecule has 5 rings (SSSR count). The van der Waals surface area contributed by atoms with Gasteiger partial charge in [-0.3, -0.25) is 4.99 Å². The number of benzene rings is 1. The zero-order valence-corrected chi connectivity index (χ0v) is 18.9. The van der Waals surface area contributed by atoms with Crippen molar-refractivity contribution in [3.05, 3.63) is 58.0 Å². The van der Waals surface area contributed by atoms with Crippen molar-refractivity contribution in [1.82, 2.24) is 9.97 Å². The summed E-state index contributed by atoms with van der Waals surface area (Å²) >= 11 is 9.69. The molecule has 2 atom stereocenters. The van der Waals surface area contributed by atoms with E-state index in [2.05, 4.69) is 24.0 Å². The highest BCUT2D eigenvalue weighted by Gasteiger charge is 2.43. The number of thioether (sulfide) groups is 2. The summed E-state index contributed by atoms with van der Waals surface area (Å²) in [4.78, 5) is 15.9. The fourth-order valence-electron chi connectivity index (χ4n) is 4.53. The molecule has 150 valence electrons. The van der Waals surface area contributed by atoms with Gasteiger partial charge in [0.25, 0.3) is 0 Å². The van der Waals surface area contributed by atoms with Crippen LogP contribution in [0.2, 0.25) is 5.02 Å². The molecule has 0 fully saturated rings. The standard InChI is InChI=1S/C23H24ClN3S2/c1-2-3-7-18-16-5-4-6-17(16)19-20-21(29-22(19)27-18)23(26-13-25-20)28-12-14-8-10-15(24)11-9-14/h8-11,13,19,22H,2-7,12H2,1H3. The molecule has 0 N–H and O–H groups in total. The van der Waals surface area contributed by atoms with Crippen LogP contribution in [-0.2, 0) is 5.75 Å². The smallest absolute Gasteiger partial charge is 0.117 e. The zero-order chi connectivity index (χ0) is 19.8. The molecule has 2 aromatic rings. The SMILES string of the molecule is CCCCC1=NC2Sc3c(SCc4ccc(Cl)cc4)ncnc3C2C2=C1CCC2. The number of allylic oxidation sites excluding steroid dienone is 1. The maximum Gasteiger partial charge on any atom is 0.117 e. The van der Waals surface area contributed by atoms with Gasteiger partial charge in [0.15, 0.2) is 0 Å². The van der Waals surface area contributed by atoms with Crippen LogP contribution in [0.4, 0.5) is 0 Å². The van der Waals surface area contributed by atoms with E-state index in [9.17, 15) is 0 Å². The largest absolute Gasteiger partial charge is 0.274 e. The average Bonchev–Trinajstić information content (AvgIpc) is 3.36. The first-order valence-electron chi connectivity index (χ1n) is 10.4. The minimum Gasteiger partial charge on any atom is -0.274 e. The number of fused-ring (bicyclic) bond motifs is 4. The number of halogens is 1. The predicted molar refractivity (Wildman–Crippen MR) is 123 cm³/mol. The van der Waals surface area contributed by atoms with Gasteiger partial charge in [0.1, 0.15) is 16.7 Å². The average molecular weight is 442 g/mol. The Balaban J connectivity index is 1.42. The summed E-state index contributed by atoms with van der Waals surface area (Å²) in [6.45, 7) is 2.26. The fraction of sp³-hybridized carbons (Fsp3) is 0.435. The van der Waals surface area contributed by atoms with Gasteiger partial charge in [-0.15, -0.1) is 11.8 Å². The molecule has 3 aliphatic rings. The molecule has 1 aliphatic carbocycles. The molecular formula is C23H24ClN3S2. The first kappa shape index (κ1) is 19.7.